The zero-order valence-electron chi connectivity index (χ0n) is 10.7. The van der Waals surface area contributed by atoms with Crippen LogP contribution in [0.2, 0.25) is 0 Å². The van der Waals surface area contributed by atoms with Gasteiger partial charge >= 0.3 is 93.5 Å². The molecular weight excluding hydrogens is 464 g/mol. The minimum Gasteiger partial charge on any atom is -0.726 e. The SMILES string of the molecule is CCC[I+](F)(F)(F)(F)c1ccc(F)c(F)c1F.O=S(=O)([O-])O. The zero-order valence-corrected chi connectivity index (χ0v) is 13.6. The maximum absolute atomic E-state index is 13.4. The number of rotatable bonds is 3. The summed E-state index contributed by atoms with van der Waals surface area (Å²) in [6.07, 6.45) is -0.596. The van der Waals surface area contributed by atoms with Crippen LogP contribution in [0.5, 0.6) is 0 Å². The summed E-state index contributed by atoms with van der Waals surface area (Å²) in [6.45, 7) is 1.07. The van der Waals surface area contributed by atoms with Crippen LogP contribution < -0.4 is 18.0 Å². The van der Waals surface area contributed by atoms with Gasteiger partial charge in [0.25, 0.3) is 0 Å². The number of benzene rings is 1. The molecule has 1 rings (SSSR count). The van der Waals surface area contributed by atoms with E-state index < -0.39 is 60.2 Å². The van der Waals surface area contributed by atoms with E-state index in [0.717, 1.165) is 6.92 Å². The average molecular weight is 474 g/mol. The number of hydrogen-bond donors (Lipinski definition) is 1. The van der Waals surface area contributed by atoms with E-state index in [4.69, 9.17) is 17.5 Å². The Bertz CT molecular complexity index is 662. The van der Waals surface area contributed by atoms with Crippen LogP contribution in [0.1, 0.15) is 13.3 Å². The molecule has 132 valence electrons. The van der Waals surface area contributed by atoms with E-state index in [-0.39, 0.29) is 12.1 Å². The van der Waals surface area contributed by atoms with Gasteiger partial charge < -0.3 is 4.55 Å². The molecule has 0 aliphatic heterocycles. The van der Waals surface area contributed by atoms with Crippen molar-refractivity contribution in [2.45, 2.75) is 13.3 Å². The van der Waals surface area contributed by atoms with Gasteiger partial charge in [-0.2, -0.15) is 0 Å². The van der Waals surface area contributed by atoms with Crippen molar-refractivity contribution >= 4 is 10.4 Å². The van der Waals surface area contributed by atoms with Crippen LogP contribution in [0.4, 0.5) is 24.6 Å². The molecule has 0 heterocycles. The van der Waals surface area contributed by atoms with Crippen LogP contribution in [0, 0.1) is 21.0 Å². The molecule has 0 unspecified atom stereocenters. The molecule has 0 aromatic heterocycles. The first-order chi connectivity index (χ1) is 9.41. The fourth-order valence-corrected chi connectivity index (χ4v) is 6.32. The summed E-state index contributed by atoms with van der Waals surface area (Å²) < 4.78 is 121. The van der Waals surface area contributed by atoms with Crippen LogP contribution >= 0.6 is 0 Å². The molecule has 0 radical (unpaired) electrons. The Morgan fingerprint density at radius 1 is 1.09 bits per heavy atom. The van der Waals surface area contributed by atoms with Crippen LogP contribution in [-0.2, 0) is 10.4 Å². The summed E-state index contributed by atoms with van der Waals surface area (Å²) >= 11 is -9.70. The molecule has 0 atom stereocenters. The molecular formula is C9H10F7IO4S. The van der Waals surface area contributed by atoms with Gasteiger partial charge in [0.15, 0.2) is 0 Å². The topological polar surface area (TPSA) is 77.4 Å². The van der Waals surface area contributed by atoms with Crippen LogP contribution in [0.15, 0.2) is 12.1 Å². The maximum Gasteiger partial charge on any atom is 0.215 e. The normalized spacial score (nSPS) is 15.4. The van der Waals surface area contributed by atoms with Crippen molar-refractivity contribution in [3.63, 3.8) is 0 Å². The molecule has 1 aromatic carbocycles. The maximum atomic E-state index is 13.4. The van der Waals surface area contributed by atoms with Crippen molar-refractivity contribution in [1.29, 1.82) is 0 Å². The third-order valence-electron chi connectivity index (χ3n) is 2.01. The van der Waals surface area contributed by atoms with Gasteiger partial charge in [0.2, 0.25) is 10.4 Å². The summed E-state index contributed by atoms with van der Waals surface area (Å²) in [5.74, 6) is -6.60. The third-order valence-corrected chi connectivity index (χ3v) is 8.67. The van der Waals surface area contributed by atoms with Gasteiger partial charge in [-0.05, 0) is 0 Å². The Morgan fingerprint density at radius 3 is 1.86 bits per heavy atom. The third kappa shape index (κ3) is 6.21. The first-order valence-corrected chi connectivity index (χ1v) is 12.4. The molecule has 0 bridgehead atoms. The fraction of sp³-hybridized carbons (Fsp3) is 0.333. The molecule has 0 amide bonds. The van der Waals surface area contributed by atoms with Crippen molar-refractivity contribution in [1.82, 2.24) is 0 Å². The predicted molar refractivity (Wildman–Crippen MR) is 56.9 cm³/mol. The second-order valence-electron chi connectivity index (χ2n) is 3.92. The standard InChI is InChI=1S/C9H9F7I.H2O4S/c1-2-5-17(13,14,15,16)7-4-3-6(10)8(11)9(7)12;1-5(2,3)4/h3-4H,2,5H2,1H3;(H2,1,2,3,4)/q+1;/p-1. The molecule has 0 fully saturated rings. The first kappa shape index (κ1) is 21.3. The van der Waals surface area contributed by atoms with Gasteiger partial charge in [-0.15, -0.1) is 0 Å². The van der Waals surface area contributed by atoms with Gasteiger partial charge in [-0.1, -0.05) is 0 Å². The Labute approximate surface area is 121 Å². The minimum atomic E-state index is -9.70. The smallest absolute Gasteiger partial charge is 0.215 e. The molecule has 1 N–H and O–H groups in total. The number of hydrogen-bond acceptors (Lipinski definition) is 3. The van der Waals surface area contributed by atoms with E-state index in [9.17, 15) is 24.6 Å². The van der Waals surface area contributed by atoms with Crippen LogP contribution in [0.3, 0.4) is 0 Å². The van der Waals surface area contributed by atoms with Gasteiger partial charge in [0.1, 0.15) is 0 Å². The Morgan fingerprint density at radius 2 is 1.50 bits per heavy atom. The monoisotopic (exact) mass is 474 g/mol. The molecule has 0 saturated heterocycles. The molecule has 4 nitrogen and oxygen atoms in total. The fourth-order valence-electron chi connectivity index (χ4n) is 1.31. The number of halogens is 8. The molecule has 1 aromatic rings. The molecule has 0 spiro atoms. The van der Waals surface area contributed by atoms with Gasteiger partial charge in [-0.25, -0.2) is 8.42 Å². The molecule has 0 aliphatic rings. The summed E-state index contributed by atoms with van der Waals surface area (Å²) in [5, 5.41) is 0. The van der Waals surface area contributed by atoms with Crippen molar-refractivity contribution < 1.29 is 60.1 Å². The van der Waals surface area contributed by atoms with Crippen molar-refractivity contribution in [2.24, 2.45) is 0 Å². The van der Waals surface area contributed by atoms with E-state index in [1.807, 2.05) is 0 Å². The van der Waals surface area contributed by atoms with Gasteiger partial charge in [0, 0.05) is 0 Å². The van der Waals surface area contributed by atoms with Crippen molar-refractivity contribution in [3.05, 3.63) is 33.2 Å². The first-order valence-electron chi connectivity index (χ1n) is 5.14. The van der Waals surface area contributed by atoms with E-state index in [2.05, 4.69) is 0 Å². The average Bonchev–Trinajstić information content (AvgIpc) is 2.21. The Kier molecular flexibility index (Phi) is 5.58. The second kappa shape index (κ2) is 5.76. The van der Waals surface area contributed by atoms with Crippen molar-refractivity contribution in [2.75, 3.05) is 4.43 Å². The van der Waals surface area contributed by atoms with E-state index in [0.29, 0.717) is 0 Å². The van der Waals surface area contributed by atoms with Gasteiger partial charge in [-0.3, -0.25) is 4.55 Å². The van der Waals surface area contributed by atoms with E-state index >= 15 is 0 Å². The largest absolute Gasteiger partial charge is 0.726 e. The summed E-state index contributed by atoms with van der Waals surface area (Å²) in [4.78, 5) is 0. The Hall–Kier alpha value is -0.670. The molecule has 13 heteroatoms. The van der Waals surface area contributed by atoms with Crippen LogP contribution in [0.25, 0.3) is 0 Å². The summed E-state index contributed by atoms with van der Waals surface area (Å²) in [6, 6.07) is -0.00417. The minimum absolute atomic E-state index is 0.0734. The predicted octanol–water partition coefficient (Wildman–Crippen LogP) is 0.458. The van der Waals surface area contributed by atoms with E-state index in [1.54, 1.807) is 0 Å². The molecule has 0 aliphatic carbocycles. The van der Waals surface area contributed by atoms with E-state index in [1.165, 1.54) is 0 Å². The summed E-state index contributed by atoms with van der Waals surface area (Å²) in [7, 11) is -4.92. The Balaban J connectivity index is 0.000000763. The van der Waals surface area contributed by atoms with Crippen molar-refractivity contribution in [3.8, 4) is 0 Å². The molecule has 0 saturated carbocycles. The quantitative estimate of drug-likeness (QED) is 0.131. The zero-order chi connectivity index (χ0) is 18.0. The number of alkyl halides is 1. The second-order valence-corrected chi connectivity index (χ2v) is 13.6. The summed E-state index contributed by atoms with van der Waals surface area (Å²) in [5.41, 5.74) is 0. The van der Waals surface area contributed by atoms with Crippen LogP contribution in [-0.4, -0.2) is 22.0 Å². The van der Waals surface area contributed by atoms with Gasteiger partial charge in [0.05, 0.1) is 0 Å². The molecule has 22 heavy (non-hydrogen) atoms.